The van der Waals surface area contributed by atoms with Gasteiger partial charge in [-0.2, -0.15) is 0 Å². The van der Waals surface area contributed by atoms with Gasteiger partial charge >= 0.3 is 74.0 Å². The predicted molar refractivity (Wildman–Crippen MR) is 49.3 cm³/mol. The predicted octanol–water partition coefficient (Wildman–Crippen LogP) is 0.977. The summed E-state index contributed by atoms with van der Waals surface area (Å²) < 4.78 is 1.31. The Morgan fingerprint density at radius 3 is 2.82 bits per heavy atom. The first-order valence-electron chi connectivity index (χ1n) is 3.63. The monoisotopic (exact) mass is 211 g/mol. The Bertz CT molecular complexity index is 306. The van der Waals surface area contributed by atoms with Gasteiger partial charge in [-0.15, -0.1) is 0 Å². The van der Waals surface area contributed by atoms with E-state index in [9.17, 15) is 0 Å². The first-order chi connectivity index (χ1) is 5.29. The standard InChI is InChI=1S/C9H9NSe/c1-10-8-5-3-2-4-7(8)6-9(10)11/h2-5H,6H2,1H3. The zero-order valence-electron chi connectivity index (χ0n) is 6.37. The van der Waals surface area contributed by atoms with E-state index in [0.717, 1.165) is 6.42 Å². The van der Waals surface area contributed by atoms with Gasteiger partial charge in [0.05, 0.1) is 0 Å². The van der Waals surface area contributed by atoms with E-state index in [1.165, 1.54) is 15.8 Å². The molecule has 1 nitrogen and oxygen atoms in total. The Kier molecular flexibility index (Phi) is 1.59. The van der Waals surface area contributed by atoms with Crippen LogP contribution in [-0.2, 0) is 6.42 Å². The van der Waals surface area contributed by atoms with Crippen molar-refractivity contribution in [2.75, 3.05) is 11.9 Å². The van der Waals surface area contributed by atoms with E-state index in [4.69, 9.17) is 0 Å². The number of likely N-dealkylation sites (N-methyl/N-ethyl adjacent to an activating group) is 1. The van der Waals surface area contributed by atoms with Gasteiger partial charge in [-0.05, 0) is 0 Å². The van der Waals surface area contributed by atoms with Crippen LogP contribution in [0.25, 0.3) is 0 Å². The molecule has 0 aromatic heterocycles. The van der Waals surface area contributed by atoms with Gasteiger partial charge < -0.3 is 0 Å². The molecule has 0 amide bonds. The van der Waals surface area contributed by atoms with E-state index < -0.39 is 0 Å². The van der Waals surface area contributed by atoms with E-state index in [2.05, 4.69) is 51.8 Å². The van der Waals surface area contributed by atoms with Crippen LogP contribution in [0.3, 0.4) is 0 Å². The van der Waals surface area contributed by atoms with Crippen molar-refractivity contribution in [3.63, 3.8) is 0 Å². The summed E-state index contributed by atoms with van der Waals surface area (Å²) in [7, 11) is 2.09. The summed E-state index contributed by atoms with van der Waals surface area (Å²) >= 11 is 3.08. The van der Waals surface area contributed by atoms with E-state index in [1.54, 1.807) is 0 Å². The van der Waals surface area contributed by atoms with Gasteiger partial charge in [0, 0.05) is 0 Å². The fourth-order valence-corrected chi connectivity index (χ4v) is 1.94. The second kappa shape index (κ2) is 2.47. The number of nitrogens with zero attached hydrogens (tertiary/aromatic N) is 1. The average molecular weight is 210 g/mol. The Balaban J connectivity index is 2.55. The molecule has 0 aliphatic carbocycles. The molecular weight excluding hydrogens is 201 g/mol. The maximum absolute atomic E-state index is 3.08. The van der Waals surface area contributed by atoms with Gasteiger partial charge in [-0.25, -0.2) is 0 Å². The first kappa shape index (κ1) is 7.08. The van der Waals surface area contributed by atoms with Gasteiger partial charge in [0.1, 0.15) is 0 Å². The van der Waals surface area contributed by atoms with Crippen molar-refractivity contribution >= 4 is 25.8 Å². The number of rotatable bonds is 0. The first-order valence-corrected chi connectivity index (χ1v) is 4.49. The second-order valence-electron chi connectivity index (χ2n) is 2.76. The van der Waals surface area contributed by atoms with Crippen LogP contribution in [0.4, 0.5) is 5.69 Å². The molecule has 0 radical (unpaired) electrons. The number of anilines is 1. The molecule has 0 fully saturated rings. The minimum atomic E-state index is 1.06. The maximum atomic E-state index is 3.08. The van der Waals surface area contributed by atoms with Crippen molar-refractivity contribution in [2.24, 2.45) is 0 Å². The third-order valence-electron chi connectivity index (χ3n) is 2.07. The van der Waals surface area contributed by atoms with Crippen LogP contribution in [0, 0.1) is 0 Å². The summed E-state index contributed by atoms with van der Waals surface area (Å²) in [5.74, 6) is 0. The Morgan fingerprint density at radius 2 is 2.09 bits per heavy atom. The van der Waals surface area contributed by atoms with Crippen LogP contribution in [0.1, 0.15) is 5.56 Å². The van der Waals surface area contributed by atoms with Crippen molar-refractivity contribution in [1.29, 1.82) is 0 Å². The molecule has 11 heavy (non-hydrogen) atoms. The van der Waals surface area contributed by atoms with Crippen molar-refractivity contribution in [1.82, 2.24) is 0 Å². The average Bonchev–Trinajstić information content (AvgIpc) is 2.30. The molecule has 0 spiro atoms. The molecular formula is C9H9NSe. The zero-order chi connectivity index (χ0) is 7.84. The number of benzene rings is 1. The van der Waals surface area contributed by atoms with Gasteiger partial charge in [0.15, 0.2) is 0 Å². The molecule has 0 N–H and O–H groups in total. The molecule has 1 aromatic carbocycles. The fraction of sp³-hybridized carbons (Fsp3) is 0.222. The van der Waals surface area contributed by atoms with Crippen LogP contribution < -0.4 is 4.90 Å². The van der Waals surface area contributed by atoms with E-state index in [1.807, 2.05) is 0 Å². The molecule has 56 valence electrons. The van der Waals surface area contributed by atoms with Crippen LogP contribution in [-0.4, -0.2) is 27.2 Å². The van der Waals surface area contributed by atoms with Crippen molar-refractivity contribution in [2.45, 2.75) is 6.42 Å². The minimum absolute atomic E-state index is 1.06. The number of para-hydroxylation sites is 1. The molecule has 1 aromatic rings. The van der Waals surface area contributed by atoms with Crippen LogP contribution in [0.5, 0.6) is 0 Å². The zero-order valence-corrected chi connectivity index (χ0v) is 8.09. The number of hydrogen-bond donors (Lipinski definition) is 0. The molecule has 1 aliphatic rings. The molecule has 1 aliphatic heterocycles. The third-order valence-corrected chi connectivity index (χ3v) is 2.95. The number of hydrogen-bond acceptors (Lipinski definition) is 1. The Morgan fingerprint density at radius 1 is 1.36 bits per heavy atom. The number of fused-ring (bicyclic) bond motifs is 1. The van der Waals surface area contributed by atoms with E-state index in [0.29, 0.717) is 0 Å². The quantitative estimate of drug-likeness (QED) is 0.577. The van der Waals surface area contributed by atoms with Crippen molar-refractivity contribution in [3.05, 3.63) is 29.8 Å². The third kappa shape index (κ3) is 1.03. The SMILES string of the molecule is CN1C(=[Se])Cc2ccccc21. The van der Waals surface area contributed by atoms with E-state index in [-0.39, 0.29) is 0 Å². The second-order valence-corrected chi connectivity index (χ2v) is 3.75. The summed E-state index contributed by atoms with van der Waals surface area (Å²) in [6.45, 7) is 0. The topological polar surface area (TPSA) is 3.24 Å². The summed E-state index contributed by atoms with van der Waals surface area (Å²) in [5, 5.41) is 0. The summed E-state index contributed by atoms with van der Waals surface area (Å²) in [4.78, 5) is 2.20. The van der Waals surface area contributed by atoms with Crippen molar-refractivity contribution < 1.29 is 0 Å². The van der Waals surface area contributed by atoms with Gasteiger partial charge in [-0.1, -0.05) is 0 Å². The van der Waals surface area contributed by atoms with Crippen molar-refractivity contribution in [3.8, 4) is 0 Å². The molecule has 0 unspecified atom stereocenters. The molecule has 0 saturated heterocycles. The van der Waals surface area contributed by atoms with Crippen LogP contribution in [0.2, 0.25) is 0 Å². The normalized spacial score (nSPS) is 15.4. The molecule has 0 atom stereocenters. The summed E-state index contributed by atoms with van der Waals surface area (Å²) in [5.41, 5.74) is 2.75. The summed E-state index contributed by atoms with van der Waals surface area (Å²) in [6, 6.07) is 8.50. The van der Waals surface area contributed by atoms with Gasteiger partial charge in [-0.3, -0.25) is 0 Å². The van der Waals surface area contributed by atoms with E-state index >= 15 is 0 Å². The van der Waals surface area contributed by atoms with Crippen LogP contribution >= 0.6 is 0 Å². The fourth-order valence-electron chi connectivity index (χ4n) is 1.40. The summed E-state index contributed by atoms with van der Waals surface area (Å²) in [6.07, 6.45) is 1.06. The Hall–Kier alpha value is -0.591. The Labute approximate surface area is 74.4 Å². The molecule has 0 bridgehead atoms. The van der Waals surface area contributed by atoms with Crippen LogP contribution in [0.15, 0.2) is 24.3 Å². The molecule has 0 saturated carbocycles. The molecule has 1 heterocycles. The molecule has 2 rings (SSSR count). The van der Waals surface area contributed by atoms with Gasteiger partial charge in [0.2, 0.25) is 0 Å². The molecule has 2 heteroatoms. The van der Waals surface area contributed by atoms with Gasteiger partial charge in [0.25, 0.3) is 0 Å².